The number of carbonyl (C=O) groups excluding carboxylic acids is 1. The van der Waals surface area contributed by atoms with E-state index in [-0.39, 0.29) is 10.5 Å². The van der Waals surface area contributed by atoms with Crippen molar-refractivity contribution in [1.29, 1.82) is 0 Å². The third-order valence-corrected chi connectivity index (χ3v) is 9.50. The molecule has 1 amide bonds. The van der Waals surface area contributed by atoms with Crippen LogP contribution in [0.4, 0.5) is 24.0 Å². The van der Waals surface area contributed by atoms with Crippen molar-refractivity contribution >= 4 is 59.1 Å². The Bertz CT molecular complexity index is 1840. The standard InChI is InChI=1S/C29H23F3N4O3S2/c30-29(31,32)20-12-13-22(24(18-20)34-41(38,39)26-11-5-7-19-6-1-2-8-21(19)26)27(37)35-14-16-36(17-15-35)28-33-23-9-3-4-10-25(23)40-28/h1-13,18,34H,14-17H2. The number of alkyl halides is 3. The molecule has 0 unspecified atom stereocenters. The van der Waals surface area contributed by atoms with Crippen molar-refractivity contribution in [3.8, 4) is 0 Å². The molecule has 41 heavy (non-hydrogen) atoms. The summed E-state index contributed by atoms with van der Waals surface area (Å²) in [7, 11) is -4.35. The number of sulfonamides is 1. The normalized spacial score (nSPS) is 14.5. The fourth-order valence-corrected chi connectivity index (χ4v) is 7.21. The second kappa shape index (κ2) is 10.3. The summed E-state index contributed by atoms with van der Waals surface area (Å²) in [6.07, 6.45) is -4.73. The van der Waals surface area contributed by atoms with Gasteiger partial charge >= 0.3 is 6.18 Å². The molecule has 1 saturated heterocycles. The van der Waals surface area contributed by atoms with Gasteiger partial charge in [0.25, 0.3) is 15.9 Å². The number of hydrogen-bond donors (Lipinski definition) is 1. The Labute approximate surface area is 237 Å². The summed E-state index contributed by atoms with van der Waals surface area (Å²) in [5.41, 5.74) is -0.759. The van der Waals surface area contributed by atoms with Crippen LogP contribution in [0, 0.1) is 0 Å². The van der Waals surface area contributed by atoms with Crippen LogP contribution in [0.15, 0.2) is 89.8 Å². The molecule has 0 aliphatic carbocycles. The number of nitrogens with one attached hydrogen (secondary N) is 1. The van der Waals surface area contributed by atoms with Gasteiger partial charge in [0.2, 0.25) is 0 Å². The Hall–Kier alpha value is -4.16. The number of thiazole rings is 1. The molecule has 5 aromatic rings. The van der Waals surface area contributed by atoms with Gasteiger partial charge in [-0.2, -0.15) is 13.2 Å². The molecule has 12 heteroatoms. The lowest BCUT2D eigenvalue weighted by atomic mass is 10.1. The van der Waals surface area contributed by atoms with Crippen LogP contribution in [0.1, 0.15) is 15.9 Å². The molecule has 210 valence electrons. The molecule has 0 spiro atoms. The highest BCUT2D eigenvalue weighted by molar-refractivity contribution is 7.93. The smallest absolute Gasteiger partial charge is 0.345 e. The Morgan fingerprint density at radius 2 is 1.59 bits per heavy atom. The lowest BCUT2D eigenvalue weighted by Gasteiger charge is -2.35. The molecular formula is C29H23F3N4O3S2. The fourth-order valence-electron chi connectivity index (χ4n) is 4.89. The van der Waals surface area contributed by atoms with E-state index >= 15 is 0 Å². The number of nitrogens with zero attached hydrogens (tertiary/aromatic N) is 3. The maximum Gasteiger partial charge on any atom is 0.416 e. The molecule has 0 atom stereocenters. The number of halogens is 3. The molecule has 1 aliphatic heterocycles. The van der Waals surface area contributed by atoms with Gasteiger partial charge in [-0.25, -0.2) is 13.4 Å². The minimum atomic E-state index is -4.73. The molecule has 0 bridgehead atoms. The monoisotopic (exact) mass is 596 g/mol. The summed E-state index contributed by atoms with van der Waals surface area (Å²) in [6.45, 7) is 1.54. The molecule has 1 aliphatic rings. The minimum absolute atomic E-state index is 0.101. The number of carbonyl (C=O) groups is 1. The first-order valence-corrected chi connectivity index (χ1v) is 15.0. The average Bonchev–Trinajstić information content (AvgIpc) is 3.40. The van der Waals surface area contributed by atoms with E-state index in [1.807, 2.05) is 24.3 Å². The van der Waals surface area contributed by atoms with Crippen molar-refractivity contribution in [2.45, 2.75) is 11.1 Å². The largest absolute Gasteiger partial charge is 0.416 e. The molecular weight excluding hydrogens is 573 g/mol. The SMILES string of the molecule is O=C(c1ccc(C(F)(F)F)cc1NS(=O)(=O)c1cccc2ccccc12)N1CCN(c2nc3ccccc3s2)CC1. The topological polar surface area (TPSA) is 82.6 Å². The van der Waals surface area contributed by atoms with E-state index in [0.29, 0.717) is 43.0 Å². The third-order valence-electron chi connectivity index (χ3n) is 6.98. The van der Waals surface area contributed by atoms with Gasteiger partial charge in [0, 0.05) is 31.6 Å². The van der Waals surface area contributed by atoms with E-state index in [1.165, 1.54) is 11.0 Å². The summed E-state index contributed by atoms with van der Waals surface area (Å²) in [5.74, 6) is -0.557. The lowest BCUT2D eigenvalue weighted by Crippen LogP contribution is -2.49. The zero-order valence-electron chi connectivity index (χ0n) is 21.4. The summed E-state index contributed by atoms with van der Waals surface area (Å²) >= 11 is 1.55. The molecule has 0 saturated carbocycles. The highest BCUT2D eigenvalue weighted by Crippen LogP contribution is 2.35. The van der Waals surface area contributed by atoms with Crippen molar-refractivity contribution in [2.24, 2.45) is 0 Å². The maximum atomic E-state index is 13.6. The van der Waals surface area contributed by atoms with Crippen molar-refractivity contribution in [3.05, 3.63) is 96.1 Å². The molecule has 6 rings (SSSR count). The number of amides is 1. The van der Waals surface area contributed by atoms with E-state index in [0.717, 1.165) is 27.5 Å². The molecule has 1 N–H and O–H groups in total. The Morgan fingerprint density at radius 1 is 0.878 bits per heavy atom. The van der Waals surface area contributed by atoms with Gasteiger partial charge in [-0.15, -0.1) is 0 Å². The Balaban J connectivity index is 1.28. The van der Waals surface area contributed by atoms with Gasteiger partial charge in [-0.05, 0) is 41.8 Å². The number of hydrogen-bond acceptors (Lipinski definition) is 6. The third kappa shape index (κ3) is 5.32. The number of rotatable bonds is 5. The van der Waals surface area contributed by atoms with Crippen molar-refractivity contribution < 1.29 is 26.4 Å². The number of anilines is 2. The van der Waals surface area contributed by atoms with E-state index in [4.69, 9.17) is 0 Å². The Kier molecular flexibility index (Phi) is 6.82. The number of para-hydroxylation sites is 1. The lowest BCUT2D eigenvalue weighted by molar-refractivity contribution is -0.137. The first kappa shape index (κ1) is 27.0. The second-order valence-corrected chi connectivity index (χ2v) is 12.2. The van der Waals surface area contributed by atoms with Gasteiger partial charge in [0.05, 0.1) is 31.9 Å². The predicted molar refractivity (Wildman–Crippen MR) is 154 cm³/mol. The zero-order valence-corrected chi connectivity index (χ0v) is 23.1. The fraction of sp³-hybridized carbons (Fsp3) is 0.172. The molecule has 4 aromatic carbocycles. The van der Waals surface area contributed by atoms with Crippen molar-refractivity contribution in [2.75, 3.05) is 35.8 Å². The van der Waals surface area contributed by atoms with Crippen LogP contribution in [0.25, 0.3) is 21.0 Å². The highest BCUT2D eigenvalue weighted by atomic mass is 32.2. The van der Waals surface area contributed by atoms with Gasteiger partial charge in [-0.3, -0.25) is 9.52 Å². The van der Waals surface area contributed by atoms with Crippen LogP contribution in [0.2, 0.25) is 0 Å². The summed E-state index contributed by atoms with van der Waals surface area (Å²) in [4.78, 5) is 21.7. The molecule has 1 aromatic heterocycles. The number of piperazine rings is 1. The van der Waals surface area contributed by atoms with Crippen LogP contribution in [0.5, 0.6) is 0 Å². The van der Waals surface area contributed by atoms with E-state index in [2.05, 4.69) is 14.6 Å². The van der Waals surface area contributed by atoms with Crippen LogP contribution in [0.3, 0.4) is 0 Å². The quantitative estimate of drug-likeness (QED) is 0.260. The van der Waals surface area contributed by atoms with Gasteiger partial charge in [0.15, 0.2) is 5.13 Å². The minimum Gasteiger partial charge on any atom is -0.345 e. The van der Waals surface area contributed by atoms with Crippen LogP contribution in [-0.2, 0) is 16.2 Å². The maximum absolute atomic E-state index is 13.6. The van der Waals surface area contributed by atoms with Crippen molar-refractivity contribution in [3.63, 3.8) is 0 Å². The average molecular weight is 597 g/mol. The van der Waals surface area contributed by atoms with E-state index in [1.54, 1.807) is 47.7 Å². The molecule has 7 nitrogen and oxygen atoms in total. The summed E-state index contributed by atoms with van der Waals surface area (Å²) < 4.78 is 71.1. The van der Waals surface area contributed by atoms with E-state index in [9.17, 15) is 26.4 Å². The Morgan fingerprint density at radius 3 is 2.34 bits per heavy atom. The number of benzene rings is 4. The first-order chi connectivity index (χ1) is 19.6. The van der Waals surface area contributed by atoms with Gasteiger partial charge in [0.1, 0.15) is 0 Å². The highest BCUT2D eigenvalue weighted by Gasteiger charge is 2.33. The first-order valence-electron chi connectivity index (χ1n) is 12.7. The molecule has 2 heterocycles. The van der Waals surface area contributed by atoms with Gasteiger partial charge in [-0.1, -0.05) is 59.9 Å². The summed E-state index contributed by atoms with van der Waals surface area (Å²) in [5, 5.41) is 1.89. The van der Waals surface area contributed by atoms with Crippen LogP contribution in [-0.4, -0.2) is 50.4 Å². The molecule has 1 fully saturated rings. The predicted octanol–water partition coefficient (Wildman–Crippen LogP) is 6.23. The molecule has 0 radical (unpaired) electrons. The van der Waals surface area contributed by atoms with Gasteiger partial charge < -0.3 is 9.80 Å². The second-order valence-electron chi connectivity index (χ2n) is 9.58. The van der Waals surface area contributed by atoms with Crippen LogP contribution < -0.4 is 9.62 Å². The number of fused-ring (bicyclic) bond motifs is 2. The van der Waals surface area contributed by atoms with Crippen LogP contribution >= 0.6 is 11.3 Å². The van der Waals surface area contributed by atoms with E-state index < -0.39 is 33.4 Å². The zero-order chi connectivity index (χ0) is 28.8. The number of aromatic nitrogens is 1. The van der Waals surface area contributed by atoms with Crippen molar-refractivity contribution in [1.82, 2.24) is 9.88 Å². The summed E-state index contributed by atoms with van der Waals surface area (Å²) in [6, 6.07) is 21.7.